The average molecular weight is 215 g/mol. The second kappa shape index (κ2) is 3.76. The molecule has 1 aliphatic carbocycles. The quantitative estimate of drug-likeness (QED) is 0.672. The second-order valence-electron chi connectivity index (χ2n) is 4.17. The molecule has 1 fully saturated rings. The number of benzene rings is 1. The highest BCUT2D eigenvalue weighted by Crippen LogP contribution is 2.28. The fourth-order valence-electron chi connectivity index (χ4n) is 2.19. The fourth-order valence-corrected chi connectivity index (χ4v) is 2.19. The van der Waals surface area contributed by atoms with Crippen LogP contribution in [0.2, 0.25) is 0 Å². The number of fused-ring (bicyclic) bond motifs is 2. The Labute approximate surface area is 94.3 Å². The number of nitrogens with zero attached hydrogens (tertiary/aromatic N) is 1. The largest absolute Gasteiger partial charge is 0.278 e. The summed E-state index contributed by atoms with van der Waals surface area (Å²) in [6.07, 6.45) is 6.21. The highest BCUT2D eigenvalue weighted by molar-refractivity contribution is 5.93. The minimum absolute atomic E-state index is 0.0420. The van der Waals surface area contributed by atoms with Gasteiger partial charge in [-0.05, 0) is 25.0 Å². The molecule has 0 spiro atoms. The highest BCUT2D eigenvalue weighted by atomic mass is 16.7. The molecular formula is C13H13NO2. The first-order chi connectivity index (χ1) is 7.84. The van der Waals surface area contributed by atoms with Gasteiger partial charge in [-0.25, -0.2) is 5.06 Å². The Morgan fingerprint density at radius 2 is 2.00 bits per heavy atom. The zero-order valence-corrected chi connectivity index (χ0v) is 8.87. The van der Waals surface area contributed by atoms with E-state index in [0.29, 0.717) is 5.56 Å². The van der Waals surface area contributed by atoms with Crippen molar-refractivity contribution in [2.75, 3.05) is 0 Å². The molecule has 3 aliphatic rings. The number of carbonyl (C=O) groups excluding carboxylic acids is 1. The minimum atomic E-state index is -0.0420. The van der Waals surface area contributed by atoms with Crippen molar-refractivity contribution in [2.24, 2.45) is 0 Å². The maximum atomic E-state index is 12.2. The van der Waals surface area contributed by atoms with Gasteiger partial charge in [0.1, 0.15) is 6.10 Å². The number of amides is 1. The van der Waals surface area contributed by atoms with Crippen molar-refractivity contribution < 1.29 is 9.63 Å². The third-order valence-corrected chi connectivity index (χ3v) is 3.07. The molecule has 4 rings (SSSR count). The monoisotopic (exact) mass is 215 g/mol. The molecule has 2 atom stereocenters. The van der Waals surface area contributed by atoms with Crippen molar-refractivity contribution in [1.29, 1.82) is 0 Å². The van der Waals surface area contributed by atoms with E-state index in [0.717, 1.165) is 12.8 Å². The van der Waals surface area contributed by atoms with Gasteiger partial charge in [-0.3, -0.25) is 9.63 Å². The van der Waals surface area contributed by atoms with E-state index in [9.17, 15) is 4.79 Å². The van der Waals surface area contributed by atoms with Crippen LogP contribution in [0, 0.1) is 0 Å². The molecule has 2 aliphatic heterocycles. The van der Waals surface area contributed by atoms with Crippen LogP contribution in [-0.4, -0.2) is 23.1 Å². The van der Waals surface area contributed by atoms with Gasteiger partial charge in [-0.15, -0.1) is 0 Å². The van der Waals surface area contributed by atoms with Crippen LogP contribution in [0.1, 0.15) is 23.2 Å². The molecule has 1 aromatic rings. The van der Waals surface area contributed by atoms with Gasteiger partial charge >= 0.3 is 0 Å². The van der Waals surface area contributed by atoms with Crippen molar-refractivity contribution in [1.82, 2.24) is 5.06 Å². The Morgan fingerprint density at radius 3 is 2.56 bits per heavy atom. The van der Waals surface area contributed by atoms with Gasteiger partial charge in [0.25, 0.3) is 5.91 Å². The third kappa shape index (κ3) is 1.53. The van der Waals surface area contributed by atoms with Gasteiger partial charge in [0.15, 0.2) is 0 Å². The molecule has 0 radical (unpaired) electrons. The average Bonchev–Trinajstić information content (AvgIpc) is 2.40. The third-order valence-electron chi connectivity index (χ3n) is 3.07. The summed E-state index contributed by atoms with van der Waals surface area (Å²) in [6.45, 7) is 0. The Kier molecular flexibility index (Phi) is 2.26. The first kappa shape index (κ1) is 9.60. The second-order valence-corrected chi connectivity index (χ2v) is 4.17. The lowest BCUT2D eigenvalue weighted by molar-refractivity contribution is -0.197. The maximum Gasteiger partial charge on any atom is 0.278 e. The van der Waals surface area contributed by atoms with Crippen LogP contribution < -0.4 is 0 Å². The predicted molar refractivity (Wildman–Crippen MR) is 59.6 cm³/mol. The lowest BCUT2D eigenvalue weighted by Gasteiger charge is -2.40. The van der Waals surface area contributed by atoms with Gasteiger partial charge < -0.3 is 0 Å². The van der Waals surface area contributed by atoms with E-state index in [1.807, 2.05) is 36.4 Å². The summed E-state index contributed by atoms with van der Waals surface area (Å²) >= 11 is 0. The van der Waals surface area contributed by atoms with Crippen LogP contribution in [0.5, 0.6) is 0 Å². The molecule has 1 unspecified atom stereocenters. The van der Waals surface area contributed by atoms with E-state index < -0.39 is 0 Å². The minimum Gasteiger partial charge on any atom is -0.267 e. The van der Waals surface area contributed by atoms with Crippen LogP contribution in [0.15, 0.2) is 42.5 Å². The van der Waals surface area contributed by atoms with Gasteiger partial charge in [0.2, 0.25) is 0 Å². The zero-order chi connectivity index (χ0) is 11.0. The van der Waals surface area contributed by atoms with Crippen LogP contribution in [0.4, 0.5) is 0 Å². The van der Waals surface area contributed by atoms with Gasteiger partial charge in [0, 0.05) is 5.56 Å². The van der Waals surface area contributed by atoms with Gasteiger partial charge in [-0.2, -0.15) is 0 Å². The van der Waals surface area contributed by atoms with Crippen LogP contribution in [0.25, 0.3) is 0 Å². The van der Waals surface area contributed by atoms with Crippen LogP contribution in [0.3, 0.4) is 0 Å². The van der Waals surface area contributed by atoms with E-state index in [1.54, 1.807) is 0 Å². The topological polar surface area (TPSA) is 29.5 Å². The summed E-state index contributed by atoms with van der Waals surface area (Å²) in [6, 6.07) is 9.38. The summed E-state index contributed by atoms with van der Waals surface area (Å²) in [5, 5.41) is 1.52. The summed E-state index contributed by atoms with van der Waals surface area (Å²) in [4.78, 5) is 17.8. The van der Waals surface area contributed by atoms with Crippen molar-refractivity contribution in [2.45, 2.75) is 25.0 Å². The lowest BCUT2D eigenvalue weighted by Crippen LogP contribution is -2.48. The number of hydrogen-bond donors (Lipinski definition) is 0. The Bertz CT molecular complexity index is 427. The number of rotatable bonds is 1. The molecular weight excluding hydrogens is 202 g/mol. The maximum absolute atomic E-state index is 12.2. The van der Waals surface area contributed by atoms with E-state index in [4.69, 9.17) is 4.84 Å². The van der Waals surface area contributed by atoms with Gasteiger partial charge in [-0.1, -0.05) is 30.4 Å². The van der Waals surface area contributed by atoms with E-state index in [1.165, 1.54) is 5.06 Å². The molecule has 82 valence electrons. The van der Waals surface area contributed by atoms with Crippen molar-refractivity contribution in [3.63, 3.8) is 0 Å². The van der Waals surface area contributed by atoms with Crippen molar-refractivity contribution >= 4 is 5.91 Å². The molecule has 16 heavy (non-hydrogen) atoms. The summed E-state index contributed by atoms with van der Waals surface area (Å²) in [7, 11) is 0. The smallest absolute Gasteiger partial charge is 0.267 e. The fraction of sp³-hybridized carbons (Fsp3) is 0.308. The summed E-state index contributed by atoms with van der Waals surface area (Å²) in [5.41, 5.74) is 0.684. The summed E-state index contributed by atoms with van der Waals surface area (Å²) in [5.74, 6) is -0.0420. The molecule has 0 N–H and O–H groups in total. The predicted octanol–water partition coefficient (Wildman–Crippen LogP) is 2.16. The molecule has 2 heterocycles. The Hall–Kier alpha value is -1.61. The normalized spacial score (nSPS) is 27.1. The number of carbonyl (C=O) groups is 1. The molecule has 1 aromatic carbocycles. The Balaban J connectivity index is 1.84. The number of hydroxylamine groups is 2. The van der Waals surface area contributed by atoms with Crippen molar-refractivity contribution in [3.8, 4) is 0 Å². The van der Waals surface area contributed by atoms with E-state index in [2.05, 4.69) is 6.08 Å². The van der Waals surface area contributed by atoms with E-state index >= 15 is 0 Å². The first-order valence-electron chi connectivity index (χ1n) is 5.58. The van der Waals surface area contributed by atoms with Crippen LogP contribution >= 0.6 is 0 Å². The number of hydrogen-bond acceptors (Lipinski definition) is 2. The Morgan fingerprint density at radius 1 is 1.19 bits per heavy atom. The lowest BCUT2D eigenvalue weighted by atomic mass is 9.98. The molecule has 3 heteroatoms. The van der Waals surface area contributed by atoms with Crippen LogP contribution in [-0.2, 0) is 4.84 Å². The molecule has 1 amide bonds. The standard InChI is InChI=1S/C13H13NO2/c15-13(10-4-2-1-3-5-10)14-11-6-8-12(16-14)9-7-11/h1-6,8,11-12H,7,9H2/t11?,12-/m0/s1. The molecule has 2 bridgehead atoms. The van der Waals surface area contributed by atoms with Crippen molar-refractivity contribution in [3.05, 3.63) is 48.0 Å². The first-order valence-corrected chi connectivity index (χ1v) is 5.58. The molecule has 0 saturated carbocycles. The van der Waals surface area contributed by atoms with E-state index in [-0.39, 0.29) is 18.1 Å². The molecule has 1 saturated heterocycles. The SMILES string of the molecule is O=C(c1ccccc1)N1O[C@H]2C=CC1CC2. The molecule has 0 aromatic heterocycles. The highest BCUT2D eigenvalue weighted by Gasteiger charge is 2.34. The zero-order valence-electron chi connectivity index (χ0n) is 8.87. The summed E-state index contributed by atoms with van der Waals surface area (Å²) < 4.78 is 0. The van der Waals surface area contributed by atoms with Gasteiger partial charge in [0.05, 0.1) is 6.04 Å². The molecule has 3 nitrogen and oxygen atoms in total.